The first kappa shape index (κ1) is 46.3. The highest BCUT2D eigenvalue weighted by Gasteiger charge is 2.20. The Balaban J connectivity index is 3.74. The molecule has 5 heteroatoms. The molecule has 1 amide bonds. The third-order valence-corrected chi connectivity index (χ3v) is 9.07. The lowest BCUT2D eigenvalue weighted by molar-refractivity contribution is -0.124. The van der Waals surface area contributed by atoms with Gasteiger partial charge in [-0.05, 0) is 70.6 Å². The van der Waals surface area contributed by atoms with Gasteiger partial charge in [-0.1, -0.05) is 165 Å². The third kappa shape index (κ3) is 34.2. The monoisotopic (exact) mass is 674 g/mol. The molecule has 0 aromatic rings. The second kappa shape index (κ2) is 38.1. The van der Waals surface area contributed by atoms with Crippen molar-refractivity contribution in [2.45, 2.75) is 212 Å². The quantitative estimate of drug-likeness (QED) is 0.0393. The molecule has 3 unspecified atom stereocenters. The second-order valence-corrected chi connectivity index (χ2v) is 13.9. The van der Waals surface area contributed by atoms with E-state index < -0.39 is 18.2 Å². The van der Waals surface area contributed by atoms with Gasteiger partial charge in [-0.2, -0.15) is 0 Å². The number of unbranched alkanes of at least 4 members (excludes halogenated alkanes) is 21. The number of aliphatic hydroxyl groups excluding tert-OH is 3. The molecule has 0 aromatic carbocycles. The van der Waals surface area contributed by atoms with Crippen LogP contribution in [0.2, 0.25) is 0 Å². The Kier molecular flexibility index (Phi) is 36.8. The van der Waals surface area contributed by atoms with Crippen LogP contribution in [0.3, 0.4) is 0 Å². The summed E-state index contributed by atoms with van der Waals surface area (Å²) in [6, 6.07) is -0.769. The number of rotatable bonds is 36. The molecule has 3 atom stereocenters. The van der Waals surface area contributed by atoms with Crippen LogP contribution in [0.4, 0.5) is 0 Å². The zero-order valence-corrected chi connectivity index (χ0v) is 31.6. The maximum absolute atomic E-state index is 12.4. The van der Waals surface area contributed by atoms with Crippen LogP contribution in [0, 0.1) is 0 Å². The van der Waals surface area contributed by atoms with Crippen molar-refractivity contribution in [2.75, 3.05) is 6.61 Å². The Labute approximate surface area is 297 Å². The maximum Gasteiger partial charge on any atom is 0.222 e. The van der Waals surface area contributed by atoms with Crippen LogP contribution in [0.15, 0.2) is 48.6 Å². The first-order valence-corrected chi connectivity index (χ1v) is 20.4. The van der Waals surface area contributed by atoms with Gasteiger partial charge in [0.2, 0.25) is 5.91 Å². The molecular formula is C43H79NO4. The van der Waals surface area contributed by atoms with Crippen LogP contribution in [0.5, 0.6) is 0 Å². The minimum atomic E-state index is -0.961. The molecule has 0 fully saturated rings. The Hall–Kier alpha value is -1.69. The lowest BCUT2D eigenvalue weighted by atomic mass is 10.0. The summed E-state index contributed by atoms with van der Waals surface area (Å²) in [4.78, 5) is 12.4. The predicted molar refractivity (Wildman–Crippen MR) is 208 cm³/mol. The highest BCUT2D eigenvalue weighted by molar-refractivity contribution is 5.76. The van der Waals surface area contributed by atoms with Crippen molar-refractivity contribution in [3.63, 3.8) is 0 Å². The number of allylic oxidation sites excluding steroid dienone is 7. The molecule has 0 saturated heterocycles. The van der Waals surface area contributed by atoms with E-state index in [2.05, 4.69) is 55.6 Å². The number of carbonyl (C=O) groups is 1. The Bertz CT molecular complexity index is 790. The van der Waals surface area contributed by atoms with E-state index in [1.807, 2.05) is 6.08 Å². The summed E-state index contributed by atoms with van der Waals surface area (Å²) >= 11 is 0. The molecule has 0 aliphatic carbocycles. The van der Waals surface area contributed by atoms with Crippen molar-refractivity contribution < 1.29 is 20.1 Å². The van der Waals surface area contributed by atoms with Crippen molar-refractivity contribution in [3.8, 4) is 0 Å². The third-order valence-electron chi connectivity index (χ3n) is 9.07. The zero-order valence-electron chi connectivity index (χ0n) is 31.6. The van der Waals surface area contributed by atoms with Gasteiger partial charge in [0.1, 0.15) is 0 Å². The molecule has 0 radical (unpaired) electrons. The van der Waals surface area contributed by atoms with Gasteiger partial charge in [-0.25, -0.2) is 0 Å². The SMILES string of the molecule is CCCCC/C=C/CC/C=C/CC/C=C/C(O)C(CO)NC(=O)CC(O)CCCCCCC/C=C\CCCCCCCCCCCCC. The Morgan fingerprint density at radius 3 is 1.38 bits per heavy atom. The molecule has 48 heavy (non-hydrogen) atoms. The van der Waals surface area contributed by atoms with Crippen LogP contribution in [0.25, 0.3) is 0 Å². The van der Waals surface area contributed by atoms with Gasteiger partial charge in [0.05, 0.1) is 31.3 Å². The zero-order chi connectivity index (χ0) is 35.2. The molecular weight excluding hydrogens is 594 g/mol. The van der Waals surface area contributed by atoms with E-state index in [1.54, 1.807) is 6.08 Å². The normalized spacial score (nSPS) is 14.2. The minimum Gasteiger partial charge on any atom is -0.394 e. The van der Waals surface area contributed by atoms with Crippen molar-refractivity contribution in [1.29, 1.82) is 0 Å². The van der Waals surface area contributed by atoms with Crippen LogP contribution in [-0.2, 0) is 4.79 Å². The van der Waals surface area contributed by atoms with Gasteiger partial charge in [0.25, 0.3) is 0 Å². The van der Waals surface area contributed by atoms with Gasteiger partial charge < -0.3 is 20.6 Å². The van der Waals surface area contributed by atoms with E-state index in [-0.39, 0.29) is 18.9 Å². The van der Waals surface area contributed by atoms with Gasteiger partial charge >= 0.3 is 0 Å². The molecule has 0 aliphatic heterocycles. The van der Waals surface area contributed by atoms with Crippen molar-refractivity contribution in [2.24, 2.45) is 0 Å². The predicted octanol–water partition coefficient (Wildman–Crippen LogP) is 11.4. The number of hydrogen-bond acceptors (Lipinski definition) is 4. The first-order chi connectivity index (χ1) is 23.5. The summed E-state index contributed by atoms with van der Waals surface area (Å²) < 4.78 is 0. The van der Waals surface area contributed by atoms with E-state index in [0.717, 1.165) is 51.4 Å². The van der Waals surface area contributed by atoms with Gasteiger partial charge in [-0.15, -0.1) is 0 Å². The lowest BCUT2D eigenvalue weighted by Crippen LogP contribution is -2.45. The number of aliphatic hydroxyl groups is 3. The summed E-state index contributed by atoms with van der Waals surface area (Å²) in [5.41, 5.74) is 0. The molecule has 4 N–H and O–H groups in total. The molecule has 0 bridgehead atoms. The summed E-state index contributed by atoms with van der Waals surface area (Å²) in [5, 5.41) is 33.1. The molecule has 0 rings (SSSR count). The Morgan fingerprint density at radius 2 is 0.896 bits per heavy atom. The van der Waals surface area contributed by atoms with Crippen LogP contribution in [-0.4, -0.2) is 46.1 Å². The molecule has 280 valence electrons. The van der Waals surface area contributed by atoms with E-state index in [9.17, 15) is 20.1 Å². The fraction of sp³-hybridized carbons (Fsp3) is 0.791. The molecule has 0 aliphatic rings. The fourth-order valence-corrected chi connectivity index (χ4v) is 5.89. The fourth-order valence-electron chi connectivity index (χ4n) is 5.89. The summed E-state index contributed by atoms with van der Waals surface area (Å²) in [7, 11) is 0. The van der Waals surface area contributed by atoms with Crippen LogP contribution >= 0.6 is 0 Å². The number of nitrogens with one attached hydrogen (secondary N) is 1. The molecule has 5 nitrogen and oxygen atoms in total. The second-order valence-electron chi connectivity index (χ2n) is 13.9. The lowest BCUT2D eigenvalue weighted by Gasteiger charge is -2.20. The van der Waals surface area contributed by atoms with Gasteiger partial charge in [0, 0.05) is 0 Å². The first-order valence-electron chi connectivity index (χ1n) is 20.4. The average Bonchev–Trinajstić information content (AvgIpc) is 3.08. The maximum atomic E-state index is 12.4. The highest BCUT2D eigenvalue weighted by Crippen LogP contribution is 2.14. The molecule has 0 spiro atoms. The van der Waals surface area contributed by atoms with Crippen LogP contribution < -0.4 is 5.32 Å². The number of hydrogen-bond donors (Lipinski definition) is 4. The molecule has 0 saturated carbocycles. The Morgan fingerprint density at radius 1 is 0.521 bits per heavy atom. The van der Waals surface area contributed by atoms with Gasteiger partial charge in [-0.3, -0.25) is 4.79 Å². The van der Waals surface area contributed by atoms with Crippen molar-refractivity contribution in [3.05, 3.63) is 48.6 Å². The van der Waals surface area contributed by atoms with Crippen molar-refractivity contribution >= 4 is 5.91 Å². The smallest absolute Gasteiger partial charge is 0.222 e. The largest absolute Gasteiger partial charge is 0.394 e. The minimum absolute atomic E-state index is 0.00439. The van der Waals surface area contributed by atoms with Crippen molar-refractivity contribution in [1.82, 2.24) is 5.32 Å². The molecule has 0 aromatic heterocycles. The van der Waals surface area contributed by atoms with E-state index >= 15 is 0 Å². The highest BCUT2D eigenvalue weighted by atomic mass is 16.3. The summed E-state index contributed by atoms with van der Waals surface area (Å²) in [6.45, 7) is 4.15. The van der Waals surface area contributed by atoms with E-state index in [1.165, 1.54) is 116 Å². The topological polar surface area (TPSA) is 89.8 Å². The summed E-state index contributed by atoms with van der Waals surface area (Å²) in [5.74, 6) is -0.337. The number of amides is 1. The van der Waals surface area contributed by atoms with E-state index in [4.69, 9.17) is 0 Å². The van der Waals surface area contributed by atoms with E-state index in [0.29, 0.717) is 6.42 Å². The standard InChI is InChI=1S/C43H79NO4/c1-3-5-7-9-11-13-15-17-18-19-20-21-22-23-25-26-28-30-32-34-36-40(46)38-43(48)44-41(39-45)42(47)37-35-33-31-29-27-24-16-14-12-10-8-6-4-2/h12,14,22-23,27,29,35,37,40-42,45-47H,3-11,13,15-21,24-26,28,30-34,36,38-39H2,1-2H3,(H,44,48)/b14-12+,23-22-,29-27+,37-35+. The number of carbonyl (C=O) groups excluding carboxylic acids is 1. The van der Waals surface area contributed by atoms with Gasteiger partial charge in [0.15, 0.2) is 0 Å². The molecule has 0 heterocycles. The van der Waals surface area contributed by atoms with Crippen LogP contribution in [0.1, 0.15) is 194 Å². The summed E-state index contributed by atoms with van der Waals surface area (Å²) in [6.07, 6.45) is 48.2. The average molecular weight is 674 g/mol.